The van der Waals surface area contributed by atoms with Gasteiger partial charge in [0.25, 0.3) is 5.91 Å². The molecule has 6 atom stereocenters. The number of benzene rings is 2. The van der Waals surface area contributed by atoms with Gasteiger partial charge in [-0.05, 0) is 43.7 Å². The first-order valence-electron chi connectivity index (χ1n) is 16.8. The smallest absolute Gasteiger partial charge is 0.252 e. The van der Waals surface area contributed by atoms with Crippen LogP contribution < -0.4 is 21.3 Å². The number of ether oxygens (including phenoxy) is 1. The number of likely N-dealkylation sites (N-methyl/N-ethyl adjacent to an activating group) is 1. The zero-order valence-electron chi connectivity index (χ0n) is 28.8. The predicted octanol–water partition coefficient (Wildman–Crippen LogP) is 1.09. The van der Waals surface area contributed by atoms with Gasteiger partial charge in [0.2, 0.25) is 29.5 Å². The molecule has 0 unspecified atom stereocenters. The Morgan fingerprint density at radius 2 is 1.51 bits per heavy atom. The van der Waals surface area contributed by atoms with Gasteiger partial charge in [-0.3, -0.25) is 28.8 Å². The molecule has 2 aromatic carbocycles. The number of carbonyl (C=O) groups is 6. The molecule has 0 radical (unpaired) electrons. The quantitative estimate of drug-likeness (QED) is 0.368. The Labute approximate surface area is 287 Å². The maximum atomic E-state index is 14.0. The van der Waals surface area contributed by atoms with Crippen molar-refractivity contribution in [3.63, 3.8) is 0 Å². The molecule has 2 heterocycles. The fourth-order valence-electron chi connectivity index (χ4n) is 5.90. The summed E-state index contributed by atoms with van der Waals surface area (Å²) in [5.41, 5.74) is 1.45. The summed E-state index contributed by atoms with van der Waals surface area (Å²) in [6.45, 7) is 6.49. The van der Waals surface area contributed by atoms with Crippen molar-refractivity contribution >= 4 is 35.4 Å². The van der Waals surface area contributed by atoms with Gasteiger partial charge in [0.15, 0.2) is 0 Å². The van der Waals surface area contributed by atoms with Gasteiger partial charge in [0.1, 0.15) is 30.3 Å². The Morgan fingerprint density at radius 1 is 0.857 bits per heavy atom. The van der Waals surface area contributed by atoms with Gasteiger partial charge in [-0.1, -0.05) is 74.5 Å². The lowest BCUT2D eigenvalue weighted by Gasteiger charge is -2.33. The summed E-state index contributed by atoms with van der Waals surface area (Å²) in [6, 6.07) is 13.3. The molecular weight excluding hydrogens is 628 g/mol. The molecule has 0 aromatic heterocycles. The summed E-state index contributed by atoms with van der Waals surface area (Å²) >= 11 is 0. The Kier molecular flexibility index (Phi) is 12.9. The van der Waals surface area contributed by atoms with Crippen molar-refractivity contribution in [3.8, 4) is 0 Å². The standard InChI is InChI=1S/C36H48N6O7/c1-22(2)31-34(46)37-23(3)32(44)39-28(26-15-10-7-11-16-26)20-42(36(48)29-17-12-18-49-29)21-30(43)38-27(19-25-13-8-6-9-14-25)35(47)41(5)24(4)33(45)40-31/h6-11,13-16,22-24,27-29,31H,12,17-21H2,1-5H3,(H,37,46)(H,38,43)(H,39,44)(H,40,45)/t23-,24-,27-,28-,29-,31+/m0/s1. The van der Waals surface area contributed by atoms with Crippen LogP contribution in [0, 0.1) is 5.92 Å². The average molecular weight is 677 g/mol. The van der Waals surface area contributed by atoms with Crippen LogP contribution in [-0.2, 0) is 39.9 Å². The topological polar surface area (TPSA) is 166 Å². The molecular formula is C36H48N6O7. The highest BCUT2D eigenvalue weighted by Gasteiger charge is 2.36. The van der Waals surface area contributed by atoms with Gasteiger partial charge in [-0.15, -0.1) is 0 Å². The largest absolute Gasteiger partial charge is 0.368 e. The van der Waals surface area contributed by atoms with Crippen LogP contribution in [0.15, 0.2) is 60.7 Å². The maximum Gasteiger partial charge on any atom is 0.252 e. The van der Waals surface area contributed by atoms with Crippen molar-refractivity contribution in [2.45, 2.75) is 83.3 Å². The van der Waals surface area contributed by atoms with Crippen LogP contribution in [0.1, 0.15) is 57.7 Å². The molecule has 6 amide bonds. The molecule has 2 fully saturated rings. The predicted molar refractivity (Wildman–Crippen MR) is 182 cm³/mol. The molecule has 2 saturated heterocycles. The molecule has 13 heteroatoms. The van der Waals surface area contributed by atoms with E-state index in [-0.39, 0.29) is 18.9 Å². The minimum absolute atomic E-state index is 0.0819. The van der Waals surface area contributed by atoms with E-state index < -0.39 is 78.3 Å². The number of amides is 6. The van der Waals surface area contributed by atoms with E-state index in [1.807, 2.05) is 36.4 Å². The Hall–Kier alpha value is -4.78. The summed E-state index contributed by atoms with van der Waals surface area (Å²) < 4.78 is 5.69. The average Bonchev–Trinajstić information content (AvgIpc) is 3.63. The fourth-order valence-corrected chi connectivity index (χ4v) is 5.90. The third-order valence-corrected chi connectivity index (χ3v) is 9.00. The van der Waals surface area contributed by atoms with E-state index in [1.54, 1.807) is 38.1 Å². The molecule has 4 rings (SSSR count). The molecule has 264 valence electrons. The van der Waals surface area contributed by atoms with Crippen molar-refractivity contribution in [2.24, 2.45) is 5.92 Å². The summed E-state index contributed by atoms with van der Waals surface area (Å²) in [4.78, 5) is 84.6. The molecule has 0 spiro atoms. The zero-order chi connectivity index (χ0) is 35.7. The minimum Gasteiger partial charge on any atom is -0.368 e. The van der Waals surface area contributed by atoms with Crippen LogP contribution in [0.25, 0.3) is 0 Å². The van der Waals surface area contributed by atoms with Crippen LogP contribution >= 0.6 is 0 Å². The van der Waals surface area contributed by atoms with Crippen LogP contribution in [-0.4, -0.2) is 102 Å². The van der Waals surface area contributed by atoms with E-state index in [2.05, 4.69) is 21.3 Å². The van der Waals surface area contributed by atoms with Crippen LogP contribution in [0.2, 0.25) is 0 Å². The normalized spacial score (nSPS) is 26.7. The van der Waals surface area contributed by atoms with Crippen molar-refractivity contribution in [1.82, 2.24) is 31.1 Å². The van der Waals surface area contributed by atoms with Crippen molar-refractivity contribution < 1.29 is 33.5 Å². The van der Waals surface area contributed by atoms with Crippen LogP contribution in [0.4, 0.5) is 0 Å². The van der Waals surface area contributed by atoms with E-state index in [1.165, 1.54) is 30.7 Å². The lowest BCUT2D eigenvalue weighted by molar-refractivity contribution is -0.146. The SMILES string of the molecule is CC(C)[C@H]1NC(=O)[C@H](C)N(C)C(=O)[C@H](Cc2ccccc2)NC(=O)CN(C(=O)[C@@H]2CCCO2)C[C@@H](c2ccccc2)NC(=O)[C@H](C)NC1=O. The van der Waals surface area contributed by atoms with E-state index in [4.69, 9.17) is 4.74 Å². The number of nitrogens with one attached hydrogen (secondary N) is 4. The molecule has 2 aliphatic rings. The van der Waals surface area contributed by atoms with Crippen LogP contribution in [0.3, 0.4) is 0 Å². The summed E-state index contributed by atoms with van der Waals surface area (Å²) in [6.07, 6.45) is 0.548. The molecule has 0 saturated carbocycles. The number of rotatable bonds is 5. The molecule has 49 heavy (non-hydrogen) atoms. The summed E-state index contributed by atoms with van der Waals surface area (Å²) in [7, 11) is 1.46. The first-order chi connectivity index (χ1) is 23.3. The number of hydrogen-bond donors (Lipinski definition) is 4. The molecule has 0 aliphatic carbocycles. The second kappa shape index (κ2) is 17.0. The first kappa shape index (κ1) is 37.0. The van der Waals surface area contributed by atoms with Crippen molar-refractivity contribution in [1.29, 1.82) is 0 Å². The molecule has 2 aromatic rings. The number of nitrogens with zero attached hydrogens (tertiary/aromatic N) is 2. The van der Waals surface area contributed by atoms with E-state index >= 15 is 0 Å². The monoisotopic (exact) mass is 676 g/mol. The number of carbonyl (C=O) groups excluding carboxylic acids is 6. The summed E-state index contributed by atoms with van der Waals surface area (Å²) in [5, 5.41) is 11.2. The van der Waals surface area contributed by atoms with E-state index in [0.29, 0.717) is 25.0 Å². The second-order valence-corrected chi connectivity index (χ2v) is 13.1. The molecule has 2 aliphatic heterocycles. The van der Waals surface area contributed by atoms with Gasteiger partial charge in [-0.2, -0.15) is 0 Å². The third kappa shape index (κ3) is 9.88. The van der Waals surface area contributed by atoms with Gasteiger partial charge in [0, 0.05) is 26.6 Å². The van der Waals surface area contributed by atoms with Gasteiger partial charge >= 0.3 is 0 Å². The first-order valence-corrected chi connectivity index (χ1v) is 16.8. The highest BCUT2D eigenvalue weighted by molar-refractivity contribution is 5.96. The maximum absolute atomic E-state index is 14.0. The number of hydrogen-bond acceptors (Lipinski definition) is 7. The molecule has 0 bridgehead atoms. The van der Waals surface area contributed by atoms with Crippen LogP contribution in [0.5, 0.6) is 0 Å². The summed E-state index contributed by atoms with van der Waals surface area (Å²) in [5.74, 6) is -3.53. The van der Waals surface area contributed by atoms with Crippen molar-refractivity contribution in [2.75, 3.05) is 26.7 Å². The van der Waals surface area contributed by atoms with Gasteiger partial charge < -0.3 is 35.8 Å². The van der Waals surface area contributed by atoms with E-state index in [0.717, 1.165) is 5.56 Å². The highest BCUT2D eigenvalue weighted by atomic mass is 16.5. The highest BCUT2D eigenvalue weighted by Crippen LogP contribution is 2.20. The minimum atomic E-state index is -1.08. The van der Waals surface area contributed by atoms with Gasteiger partial charge in [-0.25, -0.2) is 0 Å². The Balaban J connectivity index is 1.74. The van der Waals surface area contributed by atoms with Crippen molar-refractivity contribution in [3.05, 3.63) is 71.8 Å². The molecule has 4 N–H and O–H groups in total. The zero-order valence-corrected chi connectivity index (χ0v) is 28.8. The lowest BCUT2D eigenvalue weighted by Crippen LogP contribution is -2.60. The van der Waals surface area contributed by atoms with E-state index in [9.17, 15) is 28.8 Å². The third-order valence-electron chi connectivity index (χ3n) is 9.00. The Morgan fingerprint density at radius 3 is 2.12 bits per heavy atom. The molecule has 13 nitrogen and oxygen atoms in total. The fraction of sp³-hybridized carbons (Fsp3) is 0.500. The lowest BCUT2D eigenvalue weighted by atomic mass is 10.0. The Bertz CT molecular complexity index is 1480. The second-order valence-electron chi connectivity index (χ2n) is 13.1. The van der Waals surface area contributed by atoms with Gasteiger partial charge in [0.05, 0.1) is 12.6 Å².